The van der Waals surface area contributed by atoms with Crippen LogP contribution in [0.2, 0.25) is 0 Å². The molecule has 0 atom stereocenters. The number of hydrogen-bond donors (Lipinski definition) is 2. The van der Waals surface area contributed by atoms with Crippen molar-refractivity contribution in [3.8, 4) is 0 Å². The van der Waals surface area contributed by atoms with E-state index in [1.165, 1.54) is 5.56 Å². The lowest BCUT2D eigenvalue weighted by Crippen LogP contribution is -2.13. The van der Waals surface area contributed by atoms with Crippen LogP contribution in [0.15, 0.2) is 46.9 Å². The Morgan fingerprint density at radius 3 is 2.53 bits per heavy atom. The number of halogens is 1. The quantitative estimate of drug-likeness (QED) is 0.845. The molecule has 0 aromatic heterocycles. The number of carbonyl (C=O) groups excluding carboxylic acids is 1. The van der Waals surface area contributed by atoms with Crippen molar-refractivity contribution in [1.82, 2.24) is 0 Å². The fraction of sp³-hybridized carbons (Fsp3) is 0.133. The molecule has 2 aromatic carbocycles. The lowest BCUT2D eigenvalue weighted by atomic mass is 10.1. The van der Waals surface area contributed by atoms with Crippen molar-refractivity contribution in [3.63, 3.8) is 0 Å². The van der Waals surface area contributed by atoms with Crippen LogP contribution in [0.3, 0.4) is 0 Å². The minimum atomic E-state index is -0.177. The largest absolute Gasteiger partial charge is 0.398 e. The number of nitrogens with two attached hydrogens (primary N) is 1. The van der Waals surface area contributed by atoms with Gasteiger partial charge in [0, 0.05) is 11.4 Å². The summed E-state index contributed by atoms with van der Waals surface area (Å²) in [6, 6.07) is 13.0. The molecule has 2 rings (SSSR count). The van der Waals surface area contributed by atoms with Gasteiger partial charge in [-0.15, -0.1) is 0 Å². The van der Waals surface area contributed by atoms with Crippen LogP contribution in [-0.2, 0) is 6.42 Å². The van der Waals surface area contributed by atoms with E-state index < -0.39 is 0 Å². The molecule has 2 aromatic rings. The third kappa shape index (κ3) is 3.15. The van der Waals surface area contributed by atoms with E-state index in [2.05, 4.69) is 28.2 Å². The number of anilines is 2. The second-order valence-corrected chi connectivity index (χ2v) is 5.01. The van der Waals surface area contributed by atoms with Gasteiger partial charge in [0.25, 0.3) is 5.91 Å². The lowest BCUT2D eigenvalue weighted by molar-refractivity contribution is 0.102. The second kappa shape index (κ2) is 5.89. The van der Waals surface area contributed by atoms with Crippen LogP contribution in [0.1, 0.15) is 22.8 Å². The van der Waals surface area contributed by atoms with Crippen LogP contribution >= 0.6 is 15.9 Å². The molecule has 4 heteroatoms. The molecule has 0 aliphatic heterocycles. The van der Waals surface area contributed by atoms with Gasteiger partial charge in [-0.05, 0) is 52.2 Å². The van der Waals surface area contributed by atoms with E-state index in [-0.39, 0.29) is 5.91 Å². The molecule has 3 nitrogen and oxygen atoms in total. The second-order valence-electron chi connectivity index (χ2n) is 4.21. The first-order chi connectivity index (χ1) is 9.11. The molecule has 19 heavy (non-hydrogen) atoms. The van der Waals surface area contributed by atoms with Crippen molar-refractivity contribution in [2.24, 2.45) is 0 Å². The van der Waals surface area contributed by atoms with Gasteiger partial charge in [0.1, 0.15) is 0 Å². The van der Waals surface area contributed by atoms with Crippen molar-refractivity contribution in [2.45, 2.75) is 13.3 Å². The highest BCUT2D eigenvalue weighted by molar-refractivity contribution is 9.10. The Morgan fingerprint density at radius 1 is 1.21 bits per heavy atom. The van der Waals surface area contributed by atoms with Crippen molar-refractivity contribution in [1.29, 1.82) is 0 Å². The van der Waals surface area contributed by atoms with E-state index in [9.17, 15) is 4.79 Å². The highest BCUT2D eigenvalue weighted by atomic mass is 79.9. The number of nitrogen functional groups attached to an aromatic ring is 1. The SMILES string of the molecule is CCc1ccc(NC(=O)c2cccc(N)c2Br)cc1. The number of nitrogens with one attached hydrogen (secondary N) is 1. The monoisotopic (exact) mass is 318 g/mol. The van der Waals surface area contributed by atoms with Gasteiger partial charge in [0.15, 0.2) is 0 Å². The molecule has 0 radical (unpaired) electrons. The summed E-state index contributed by atoms with van der Waals surface area (Å²) in [5, 5.41) is 2.85. The third-order valence-electron chi connectivity index (χ3n) is 2.89. The maximum atomic E-state index is 12.1. The molecule has 98 valence electrons. The van der Waals surface area contributed by atoms with E-state index in [1.54, 1.807) is 18.2 Å². The summed E-state index contributed by atoms with van der Waals surface area (Å²) in [5.41, 5.74) is 8.85. The van der Waals surface area contributed by atoms with Crippen molar-refractivity contribution in [2.75, 3.05) is 11.1 Å². The highest BCUT2D eigenvalue weighted by Crippen LogP contribution is 2.24. The van der Waals surface area contributed by atoms with Crippen molar-refractivity contribution >= 4 is 33.2 Å². The molecule has 3 N–H and O–H groups in total. The van der Waals surface area contributed by atoms with E-state index in [1.807, 2.05) is 24.3 Å². The minimum Gasteiger partial charge on any atom is -0.398 e. The van der Waals surface area contributed by atoms with E-state index >= 15 is 0 Å². The van der Waals surface area contributed by atoms with E-state index in [0.717, 1.165) is 12.1 Å². The average molecular weight is 319 g/mol. The Kier molecular flexibility index (Phi) is 4.22. The summed E-state index contributed by atoms with van der Waals surface area (Å²) in [4.78, 5) is 12.1. The van der Waals surface area contributed by atoms with Gasteiger partial charge in [-0.3, -0.25) is 4.79 Å². The number of carbonyl (C=O) groups is 1. The first-order valence-corrected chi connectivity index (χ1v) is 6.85. The minimum absolute atomic E-state index is 0.177. The topological polar surface area (TPSA) is 55.1 Å². The van der Waals surface area contributed by atoms with Gasteiger partial charge in [-0.25, -0.2) is 0 Å². The van der Waals surface area contributed by atoms with Gasteiger partial charge in [0.2, 0.25) is 0 Å². The Bertz CT molecular complexity index is 594. The maximum absolute atomic E-state index is 12.1. The Labute approximate surface area is 121 Å². The fourth-order valence-corrected chi connectivity index (χ4v) is 2.19. The fourth-order valence-electron chi connectivity index (χ4n) is 1.75. The zero-order valence-electron chi connectivity index (χ0n) is 10.6. The lowest BCUT2D eigenvalue weighted by Gasteiger charge is -2.08. The van der Waals surface area contributed by atoms with Crippen LogP contribution in [0.4, 0.5) is 11.4 Å². The molecular formula is C15H15BrN2O. The van der Waals surface area contributed by atoms with Gasteiger partial charge in [-0.2, -0.15) is 0 Å². The molecule has 0 saturated heterocycles. The smallest absolute Gasteiger partial charge is 0.256 e. The van der Waals surface area contributed by atoms with Crippen LogP contribution in [0, 0.1) is 0 Å². The standard InChI is InChI=1S/C15H15BrN2O/c1-2-10-6-8-11(9-7-10)18-15(19)12-4-3-5-13(17)14(12)16/h3-9H,2,17H2,1H3,(H,18,19). The molecule has 0 heterocycles. The molecule has 1 amide bonds. The number of amides is 1. The molecule has 0 saturated carbocycles. The summed E-state index contributed by atoms with van der Waals surface area (Å²) in [6.07, 6.45) is 0.981. The first kappa shape index (κ1) is 13.6. The average Bonchev–Trinajstić information content (AvgIpc) is 2.42. The molecule has 0 fully saturated rings. The normalized spacial score (nSPS) is 10.2. The zero-order valence-corrected chi connectivity index (χ0v) is 12.2. The van der Waals surface area contributed by atoms with Crippen LogP contribution in [-0.4, -0.2) is 5.91 Å². The molecule has 0 aliphatic rings. The van der Waals surface area contributed by atoms with Crippen molar-refractivity contribution in [3.05, 3.63) is 58.1 Å². The van der Waals surface area contributed by atoms with Crippen molar-refractivity contribution < 1.29 is 4.79 Å². The van der Waals surface area contributed by atoms with Gasteiger partial charge < -0.3 is 11.1 Å². The zero-order chi connectivity index (χ0) is 13.8. The summed E-state index contributed by atoms with van der Waals surface area (Å²) in [7, 11) is 0. The molecule has 0 unspecified atom stereocenters. The summed E-state index contributed by atoms with van der Waals surface area (Å²) >= 11 is 3.33. The van der Waals surface area contributed by atoms with Gasteiger partial charge in [0.05, 0.1) is 10.0 Å². The first-order valence-electron chi connectivity index (χ1n) is 6.06. The predicted octanol–water partition coefficient (Wildman–Crippen LogP) is 3.85. The molecule has 0 spiro atoms. The number of aryl methyl sites for hydroxylation is 1. The maximum Gasteiger partial charge on any atom is 0.256 e. The molecular weight excluding hydrogens is 304 g/mol. The number of hydrogen-bond acceptors (Lipinski definition) is 2. The van der Waals surface area contributed by atoms with Gasteiger partial charge >= 0.3 is 0 Å². The van der Waals surface area contributed by atoms with Crippen LogP contribution in [0.5, 0.6) is 0 Å². The van der Waals surface area contributed by atoms with Gasteiger partial charge in [-0.1, -0.05) is 25.1 Å². The Balaban J connectivity index is 2.18. The predicted molar refractivity (Wildman–Crippen MR) is 82.3 cm³/mol. The number of benzene rings is 2. The summed E-state index contributed by atoms with van der Waals surface area (Å²) in [5.74, 6) is -0.177. The van der Waals surface area contributed by atoms with Crippen LogP contribution in [0.25, 0.3) is 0 Å². The highest BCUT2D eigenvalue weighted by Gasteiger charge is 2.11. The summed E-state index contributed by atoms with van der Waals surface area (Å²) < 4.78 is 0.623. The Hall–Kier alpha value is -1.81. The van der Waals surface area contributed by atoms with Crippen LogP contribution < -0.4 is 11.1 Å². The van der Waals surface area contributed by atoms with E-state index in [0.29, 0.717) is 15.7 Å². The van der Waals surface area contributed by atoms with E-state index in [4.69, 9.17) is 5.73 Å². The summed E-state index contributed by atoms with van der Waals surface area (Å²) in [6.45, 7) is 2.09. The molecule has 0 bridgehead atoms. The molecule has 0 aliphatic carbocycles. The third-order valence-corrected chi connectivity index (χ3v) is 3.78. The Morgan fingerprint density at radius 2 is 1.89 bits per heavy atom. The number of rotatable bonds is 3.